The zero-order valence-corrected chi connectivity index (χ0v) is 32.0. The molecule has 2 aromatic heterocycles. The minimum atomic E-state index is -0.0288. The number of nitrogens with zero attached hydrogens (tertiary/aromatic N) is 4. The van der Waals surface area contributed by atoms with Crippen molar-refractivity contribution in [1.82, 2.24) is 29.7 Å². The van der Waals surface area contributed by atoms with E-state index < -0.39 is 0 Å². The van der Waals surface area contributed by atoms with Crippen molar-refractivity contribution >= 4 is 71.2 Å². The third kappa shape index (κ3) is 13.3. The maximum atomic E-state index is 4.07. The predicted molar refractivity (Wildman–Crippen MR) is 216 cm³/mol. The Bertz CT molecular complexity index is 1610. The van der Waals surface area contributed by atoms with Crippen molar-refractivity contribution < 1.29 is 5.48 Å². The van der Waals surface area contributed by atoms with Gasteiger partial charge in [-0.25, -0.2) is 9.97 Å². The lowest BCUT2D eigenvalue weighted by Crippen LogP contribution is -2.37. The average Bonchev–Trinajstić information content (AvgIpc) is 3.76. The number of imidazole rings is 2. The fourth-order valence-corrected chi connectivity index (χ4v) is 5.52. The maximum Gasteiger partial charge on any atom is 0.0945 e. The molecule has 268 valence electrons. The largest absolute Gasteiger partial charge is 0.412 e. The number of nitrogens with one attached hydrogen (secondary N) is 2. The molecule has 0 saturated carbocycles. The van der Waals surface area contributed by atoms with Gasteiger partial charge in [-0.3, -0.25) is 0 Å². The average molecular weight is 751 g/mol. The Morgan fingerprint density at radius 3 is 1.24 bits per heavy atom. The molecular weight excluding hydrogens is 698 g/mol. The van der Waals surface area contributed by atoms with Gasteiger partial charge in [-0.1, -0.05) is 72.8 Å². The summed E-state index contributed by atoms with van der Waals surface area (Å²) in [6.45, 7) is 12.9. The number of hydrogen-bond acceptors (Lipinski definition) is 4. The van der Waals surface area contributed by atoms with Gasteiger partial charge in [0.05, 0.1) is 12.7 Å². The SMILES string of the molecule is CC(C)(NCCCn1ccnc1)c1ccc2ccccc2c1.CC(C)(NCCCn1ccnc1)c1ccc2ccccc2c1.Cl.Cl.Cl.Cl.O. The van der Waals surface area contributed by atoms with Gasteiger partial charge in [-0.05, 0) is 98.4 Å². The first kappa shape index (κ1) is 45.9. The van der Waals surface area contributed by atoms with E-state index in [0.717, 1.165) is 39.0 Å². The summed E-state index contributed by atoms with van der Waals surface area (Å²) in [5, 5.41) is 12.5. The Kier molecular flexibility index (Phi) is 20.4. The normalized spacial score (nSPS) is 10.7. The summed E-state index contributed by atoms with van der Waals surface area (Å²) in [6.07, 6.45) is 13.6. The van der Waals surface area contributed by atoms with E-state index in [9.17, 15) is 0 Å². The minimum Gasteiger partial charge on any atom is -0.412 e. The lowest BCUT2D eigenvalue weighted by molar-refractivity contribution is 0.393. The van der Waals surface area contributed by atoms with Gasteiger partial charge in [0, 0.05) is 49.0 Å². The molecule has 4 aromatic carbocycles. The van der Waals surface area contributed by atoms with Crippen molar-refractivity contribution in [1.29, 1.82) is 0 Å². The zero-order valence-electron chi connectivity index (χ0n) is 28.7. The third-order valence-corrected chi connectivity index (χ3v) is 8.38. The van der Waals surface area contributed by atoms with E-state index in [2.05, 4.69) is 142 Å². The van der Waals surface area contributed by atoms with Gasteiger partial charge in [0.2, 0.25) is 0 Å². The summed E-state index contributed by atoms with van der Waals surface area (Å²) in [7, 11) is 0. The van der Waals surface area contributed by atoms with Crippen LogP contribution < -0.4 is 10.6 Å². The van der Waals surface area contributed by atoms with Crippen LogP contribution in [0.3, 0.4) is 0 Å². The highest BCUT2D eigenvalue weighted by Gasteiger charge is 2.20. The molecule has 7 nitrogen and oxygen atoms in total. The number of aryl methyl sites for hydroxylation is 2. The Labute approximate surface area is 316 Å². The molecule has 0 aliphatic carbocycles. The molecule has 11 heteroatoms. The van der Waals surface area contributed by atoms with Crippen molar-refractivity contribution in [2.45, 2.75) is 64.7 Å². The van der Waals surface area contributed by atoms with E-state index in [1.165, 1.54) is 32.7 Å². The van der Waals surface area contributed by atoms with Crippen LogP contribution >= 0.6 is 49.6 Å². The van der Waals surface area contributed by atoms with Crippen LogP contribution in [0.4, 0.5) is 0 Å². The van der Waals surface area contributed by atoms with Gasteiger partial charge in [0.25, 0.3) is 0 Å². The molecule has 0 aliphatic rings. The highest BCUT2D eigenvalue weighted by Crippen LogP contribution is 2.26. The van der Waals surface area contributed by atoms with Gasteiger partial charge in [-0.15, -0.1) is 49.6 Å². The van der Waals surface area contributed by atoms with Crippen LogP contribution in [-0.2, 0) is 24.2 Å². The van der Waals surface area contributed by atoms with Gasteiger partial charge in [0.15, 0.2) is 0 Å². The maximum absolute atomic E-state index is 4.07. The number of aromatic nitrogens is 4. The van der Waals surface area contributed by atoms with E-state index in [0.29, 0.717) is 0 Å². The van der Waals surface area contributed by atoms with E-state index >= 15 is 0 Å². The molecule has 0 radical (unpaired) electrons. The molecule has 4 N–H and O–H groups in total. The first-order chi connectivity index (χ1) is 21.3. The van der Waals surface area contributed by atoms with E-state index in [1.54, 1.807) is 0 Å². The van der Waals surface area contributed by atoms with Crippen molar-refractivity contribution in [3.63, 3.8) is 0 Å². The molecule has 0 bridgehead atoms. The number of fused-ring (bicyclic) bond motifs is 2. The minimum absolute atomic E-state index is 0. The molecular formula is C38H52Cl4N6O. The molecule has 0 amide bonds. The van der Waals surface area contributed by atoms with Gasteiger partial charge in [-0.2, -0.15) is 0 Å². The lowest BCUT2D eigenvalue weighted by atomic mass is 9.92. The van der Waals surface area contributed by atoms with Crippen molar-refractivity contribution in [2.75, 3.05) is 13.1 Å². The zero-order chi connectivity index (χ0) is 30.8. The first-order valence-electron chi connectivity index (χ1n) is 15.7. The molecule has 0 aliphatic heterocycles. The summed E-state index contributed by atoms with van der Waals surface area (Å²) in [6, 6.07) is 30.5. The van der Waals surface area contributed by atoms with Crippen LogP contribution in [0.2, 0.25) is 0 Å². The molecule has 6 aromatic rings. The van der Waals surface area contributed by atoms with Crippen LogP contribution in [0.5, 0.6) is 0 Å². The van der Waals surface area contributed by atoms with Gasteiger partial charge >= 0.3 is 0 Å². The second-order valence-corrected chi connectivity index (χ2v) is 12.5. The van der Waals surface area contributed by atoms with E-state index in [1.807, 2.05) is 37.4 Å². The summed E-state index contributed by atoms with van der Waals surface area (Å²) >= 11 is 0. The highest BCUT2D eigenvalue weighted by atomic mass is 35.5. The van der Waals surface area contributed by atoms with Crippen molar-refractivity contribution in [3.05, 3.63) is 133 Å². The predicted octanol–water partition coefficient (Wildman–Crippen LogP) is 8.77. The van der Waals surface area contributed by atoms with Crippen molar-refractivity contribution in [3.8, 4) is 0 Å². The van der Waals surface area contributed by atoms with E-state index in [-0.39, 0.29) is 66.2 Å². The second kappa shape index (κ2) is 21.8. The summed E-state index contributed by atoms with van der Waals surface area (Å²) in [4.78, 5) is 8.14. The second-order valence-electron chi connectivity index (χ2n) is 12.5. The van der Waals surface area contributed by atoms with Crippen LogP contribution in [0.15, 0.2) is 122 Å². The fraction of sp³-hybridized carbons (Fsp3) is 0.316. The Hall–Kier alpha value is -3.14. The smallest absolute Gasteiger partial charge is 0.0945 e. The standard InChI is InChI=1S/2C19H23N3.4ClH.H2O/c2*1-19(2,21-10-5-12-22-13-11-20-15-22)18-9-8-16-6-3-4-7-17(16)14-18;;;;;/h2*3-4,6-9,11,13-15,21H,5,10,12H2,1-2H3;4*1H;1H2. The van der Waals surface area contributed by atoms with Crippen LogP contribution in [0.1, 0.15) is 51.7 Å². The topological polar surface area (TPSA) is 91.2 Å². The Balaban J connectivity index is 0.000000853. The molecule has 2 heterocycles. The molecule has 0 atom stereocenters. The lowest BCUT2D eigenvalue weighted by Gasteiger charge is -2.27. The quantitative estimate of drug-likeness (QED) is 0.123. The van der Waals surface area contributed by atoms with Crippen LogP contribution in [-0.4, -0.2) is 37.7 Å². The number of benzene rings is 4. The van der Waals surface area contributed by atoms with Crippen molar-refractivity contribution in [2.24, 2.45) is 0 Å². The summed E-state index contributed by atoms with van der Waals surface area (Å²) in [5.74, 6) is 0. The Morgan fingerprint density at radius 1 is 0.531 bits per heavy atom. The number of halogens is 4. The number of hydrogen-bond donors (Lipinski definition) is 2. The monoisotopic (exact) mass is 748 g/mol. The molecule has 49 heavy (non-hydrogen) atoms. The van der Waals surface area contributed by atoms with Gasteiger partial charge < -0.3 is 25.2 Å². The number of rotatable bonds is 12. The molecule has 0 spiro atoms. The summed E-state index contributed by atoms with van der Waals surface area (Å²) in [5.41, 5.74) is 2.60. The molecule has 0 saturated heterocycles. The van der Waals surface area contributed by atoms with Crippen LogP contribution in [0.25, 0.3) is 21.5 Å². The third-order valence-electron chi connectivity index (χ3n) is 8.38. The van der Waals surface area contributed by atoms with Crippen LogP contribution in [0, 0.1) is 0 Å². The molecule has 0 fully saturated rings. The highest BCUT2D eigenvalue weighted by molar-refractivity contribution is 5.86. The van der Waals surface area contributed by atoms with Gasteiger partial charge in [0.1, 0.15) is 0 Å². The first-order valence-corrected chi connectivity index (χ1v) is 15.7. The Morgan fingerprint density at radius 2 is 0.898 bits per heavy atom. The molecule has 0 unspecified atom stereocenters. The summed E-state index contributed by atoms with van der Waals surface area (Å²) < 4.78 is 4.23. The fourth-order valence-electron chi connectivity index (χ4n) is 5.52. The van der Waals surface area contributed by atoms with E-state index in [4.69, 9.17) is 0 Å². The molecule has 6 rings (SSSR count).